The molecule has 82 valence electrons. The first-order chi connectivity index (χ1) is 7.69. The molecule has 16 heavy (non-hydrogen) atoms. The number of nitriles is 2. The van der Waals surface area contributed by atoms with Crippen molar-refractivity contribution in [3.63, 3.8) is 0 Å². The number of benzene rings is 1. The lowest BCUT2D eigenvalue weighted by Crippen LogP contribution is -1.93. The van der Waals surface area contributed by atoms with Crippen LogP contribution in [0.2, 0.25) is 0 Å². The molecule has 0 saturated heterocycles. The third-order valence-corrected chi connectivity index (χ3v) is 1.73. The van der Waals surface area contributed by atoms with Gasteiger partial charge in [-0.3, -0.25) is 0 Å². The number of methoxy groups -OCH3 is 1. The molecule has 0 N–H and O–H groups in total. The van der Waals surface area contributed by atoms with Crippen LogP contribution in [0, 0.1) is 22.8 Å². The first-order valence-corrected chi connectivity index (χ1v) is 4.58. The molecule has 0 fully saturated rings. The van der Waals surface area contributed by atoms with Crippen LogP contribution < -0.4 is 4.74 Å². The largest absolute Gasteiger partial charge is 0.497 e. The zero-order chi connectivity index (χ0) is 12.4. The van der Waals surface area contributed by atoms with Crippen LogP contribution in [0.4, 0.5) is 0 Å². The number of aliphatic imine (C=N–C) groups is 1. The molecule has 0 atom stereocenters. The van der Waals surface area contributed by atoms with Crippen molar-refractivity contribution < 1.29 is 4.74 Å². The molecule has 0 aromatic heterocycles. The fraction of sp³-hybridized carbons (Fsp3) is 0.250. The molecular weight excluding hydrogens is 202 g/mol. The fourth-order valence-corrected chi connectivity index (χ4v) is 0.972. The average molecular weight is 215 g/mol. The van der Waals surface area contributed by atoms with Crippen molar-refractivity contribution in [1.29, 1.82) is 10.5 Å². The van der Waals surface area contributed by atoms with E-state index in [9.17, 15) is 0 Å². The summed E-state index contributed by atoms with van der Waals surface area (Å²) in [6, 6.07) is 9.17. The number of nitrogens with zero attached hydrogens (tertiary/aromatic N) is 3. The maximum atomic E-state index is 8.34. The van der Waals surface area contributed by atoms with Crippen LogP contribution in [0.15, 0.2) is 29.3 Å². The van der Waals surface area contributed by atoms with Crippen molar-refractivity contribution in [2.45, 2.75) is 13.8 Å². The second-order valence-electron chi connectivity index (χ2n) is 2.75. The van der Waals surface area contributed by atoms with E-state index >= 15 is 0 Å². The summed E-state index contributed by atoms with van der Waals surface area (Å²) in [5, 5.41) is 15.7. The van der Waals surface area contributed by atoms with Gasteiger partial charge in [-0.15, -0.1) is 0 Å². The molecule has 1 aromatic rings. The van der Waals surface area contributed by atoms with Gasteiger partial charge in [0.2, 0.25) is 6.19 Å². The van der Waals surface area contributed by atoms with E-state index in [0.717, 1.165) is 11.3 Å². The molecule has 0 spiro atoms. The van der Waals surface area contributed by atoms with Crippen molar-refractivity contribution in [1.82, 2.24) is 0 Å². The van der Waals surface area contributed by atoms with Gasteiger partial charge in [-0.25, -0.2) is 0 Å². The van der Waals surface area contributed by atoms with Gasteiger partial charge in [-0.1, -0.05) is 0 Å². The molecule has 4 heteroatoms. The second-order valence-corrected chi connectivity index (χ2v) is 2.75. The van der Waals surface area contributed by atoms with E-state index in [-0.39, 0.29) is 0 Å². The highest BCUT2D eigenvalue weighted by Crippen LogP contribution is 2.11. The molecule has 0 saturated carbocycles. The molecule has 0 heterocycles. The highest BCUT2D eigenvalue weighted by Gasteiger charge is 1.96. The average Bonchev–Trinajstić information content (AvgIpc) is 2.30. The molecule has 1 aromatic carbocycles. The van der Waals surface area contributed by atoms with Crippen LogP contribution in [-0.4, -0.2) is 12.8 Å². The topological polar surface area (TPSA) is 69.2 Å². The molecule has 1 rings (SSSR count). The summed E-state index contributed by atoms with van der Waals surface area (Å²) in [6.45, 7) is 3.23. The SMILES string of the molecule is CC#N.COc1ccc(C(C)=NC#N)cc1. The van der Waals surface area contributed by atoms with Crippen molar-refractivity contribution >= 4 is 5.71 Å². The van der Waals surface area contributed by atoms with Crippen LogP contribution in [0.5, 0.6) is 5.75 Å². The monoisotopic (exact) mass is 215 g/mol. The minimum absolute atomic E-state index is 0.713. The standard InChI is InChI=1S/C10H10N2O.C2H3N/c1-8(12-7-11)9-3-5-10(13-2)6-4-9;1-2-3/h3-6H,1-2H3;1H3. The van der Waals surface area contributed by atoms with Crippen LogP contribution in [0.25, 0.3) is 0 Å². The van der Waals surface area contributed by atoms with Gasteiger partial charge in [-0.2, -0.15) is 15.5 Å². The summed E-state index contributed by atoms with van der Waals surface area (Å²) >= 11 is 0. The minimum atomic E-state index is 0.713. The Labute approximate surface area is 95.4 Å². The van der Waals surface area contributed by atoms with Crippen LogP contribution in [0.1, 0.15) is 19.4 Å². The first kappa shape index (κ1) is 13.7. The molecule has 0 radical (unpaired) electrons. The molecule has 0 bridgehead atoms. The highest BCUT2D eigenvalue weighted by molar-refractivity contribution is 5.99. The predicted octanol–water partition coefficient (Wildman–Crippen LogP) is 2.52. The Balaban J connectivity index is 0.000000673. The maximum Gasteiger partial charge on any atom is 0.205 e. The Kier molecular flexibility index (Phi) is 6.85. The Hall–Kier alpha value is -2.33. The molecule has 0 unspecified atom stereocenters. The van der Waals surface area contributed by atoms with Crippen LogP contribution >= 0.6 is 0 Å². The first-order valence-electron chi connectivity index (χ1n) is 4.58. The summed E-state index contributed by atoms with van der Waals surface area (Å²) < 4.78 is 5.00. The second kappa shape index (κ2) is 8.02. The Morgan fingerprint density at radius 2 is 1.75 bits per heavy atom. The van der Waals surface area contributed by atoms with E-state index in [1.165, 1.54) is 6.92 Å². The zero-order valence-corrected chi connectivity index (χ0v) is 9.56. The maximum absolute atomic E-state index is 8.34. The van der Waals surface area contributed by atoms with E-state index in [0.29, 0.717) is 5.71 Å². The summed E-state index contributed by atoms with van der Waals surface area (Å²) in [5.74, 6) is 0.800. The van der Waals surface area contributed by atoms with Crippen molar-refractivity contribution in [3.8, 4) is 18.0 Å². The molecule has 0 aliphatic heterocycles. The lowest BCUT2D eigenvalue weighted by atomic mass is 10.1. The smallest absolute Gasteiger partial charge is 0.205 e. The molecule has 0 aliphatic carbocycles. The summed E-state index contributed by atoms with van der Waals surface area (Å²) in [6.07, 6.45) is 1.75. The number of hydrogen-bond acceptors (Lipinski definition) is 4. The highest BCUT2D eigenvalue weighted by atomic mass is 16.5. The van der Waals surface area contributed by atoms with Crippen molar-refractivity contribution in [3.05, 3.63) is 29.8 Å². The zero-order valence-electron chi connectivity index (χ0n) is 9.56. The van der Waals surface area contributed by atoms with Gasteiger partial charge in [0.25, 0.3) is 0 Å². The molecule has 0 amide bonds. The lowest BCUT2D eigenvalue weighted by Gasteiger charge is -2.00. The van der Waals surface area contributed by atoms with Crippen LogP contribution in [0.3, 0.4) is 0 Å². The summed E-state index contributed by atoms with van der Waals surface area (Å²) in [7, 11) is 1.62. The Morgan fingerprint density at radius 3 is 2.12 bits per heavy atom. The molecular formula is C12H13N3O. The number of hydrogen-bond donors (Lipinski definition) is 0. The third-order valence-electron chi connectivity index (χ3n) is 1.73. The molecule has 4 nitrogen and oxygen atoms in total. The summed E-state index contributed by atoms with van der Waals surface area (Å²) in [4.78, 5) is 3.63. The van der Waals surface area contributed by atoms with E-state index in [1.807, 2.05) is 24.3 Å². The van der Waals surface area contributed by atoms with Crippen LogP contribution in [-0.2, 0) is 0 Å². The van der Waals surface area contributed by atoms with Crippen molar-refractivity contribution in [2.75, 3.05) is 7.11 Å². The van der Waals surface area contributed by atoms with Gasteiger partial charge in [0.05, 0.1) is 18.9 Å². The van der Waals surface area contributed by atoms with Gasteiger partial charge in [0.1, 0.15) is 5.75 Å². The minimum Gasteiger partial charge on any atom is -0.497 e. The summed E-state index contributed by atoms with van der Waals surface area (Å²) in [5.41, 5.74) is 1.65. The van der Waals surface area contributed by atoms with Gasteiger partial charge < -0.3 is 4.74 Å². The van der Waals surface area contributed by atoms with Gasteiger partial charge in [-0.05, 0) is 36.8 Å². The quantitative estimate of drug-likeness (QED) is 0.562. The fourth-order valence-electron chi connectivity index (χ4n) is 0.972. The number of ether oxygens (including phenoxy) is 1. The normalized spacial score (nSPS) is 9.19. The van der Waals surface area contributed by atoms with E-state index in [4.69, 9.17) is 15.3 Å². The van der Waals surface area contributed by atoms with E-state index < -0.39 is 0 Å². The van der Waals surface area contributed by atoms with Gasteiger partial charge in [0.15, 0.2) is 0 Å². The van der Waals surface area contributed by atoms with Crippen molar-refractivity contribution in [2.24, 2.45) is 4.99 Å². The number of rotatable bonds is 2. The Morgan fingerprint density at radius 1 is 1.25 bits per heavy atom. The van der Waals surface area contributed by atoms with E-state index in [2.05, 4.69) is 4.99 Å². The van der Waals surface area contributed by atoms with Gasteiger partial charge >= 0.3 is 0 Å². The third kappa shape index (κ3) is 4.78. The molecule has 0 aliphatic rings. The van der Waals surface area contributed by atoms with Gasteiger partial charge in [0, 0.05) is 6.92 Å². The Bertz CT molecular complexity index is 421. The van der Waals surface area contributed by atoms with E-state index in [1.54, 1.807) is 26.3 Å². The predicted molar refractivity (Wildman–Crippen MR) is 62.1 cm³/mol. The lowest BCUT2D eigenvalue weighted by molar-refractivity contribution is 0.415.